The van der Waals surface area contributed by atoms with Crippen molar-refractivity contribution in [2.75, 3.05) is 31.1 Å². The molecule has 0 saturated carbocycles. The molecule has 4 aromatic rings. The number of hydrogen-bond acceptors (Lipinski definition) is 3. The van der Waals surface area contributed by atoms with Gasteiger partial charge in [-0.15, -0.1) is 12.4 Å². The van der Waals surface area contributed by atoms with Crippen molar-refractivity contribution in [2.45, 2.75) is 6.04 Å². The van der Waals surface area contributed by atoms with E-state index in [1.807, 2.05) is 24.3 Å². The Labute approximate surface area is 188 Å². The molecule has 2 heterocycles. The van der Waals surface area contributed by atoms with E-state index in [-0.39, 0.29) is 18.4 Å². The third-order valence-corrected chi connectivity index (χ3v) is 5.95. The molecule has 30 heavy (non-hydrogen) atoms. The second-order valence-corrected chi connectivity index (χ2v) is 7.94. The van der Waals surface area contributed by atoms with E-state index in [0.717, 1.165) is 47.9 Å². The van der Waals surface area contributed by atoms with Gasteiger partial charge < -0.3 is 9.32 Å². The summed E-state index contributed by atoms with van der Waals surface area (Å²) in [4.78, 5) is 4.97. The number of fused-ring (bicyclic) bond motifs is 1. The van der Waals surface area contributed by atoms with Crippen LogP contribution in [0, 0.1) is 0 Å². The molecule has 1 fully saturated rings. The lowest BCUT2D eigenvalue weighted by Crippen LogP contribution is -2.47. The maximum atomic E-state index is 6.29. The van der Waals surface area contributed by atoms with E-state index in [9.17, 15) is 0 Å². The van der Waals surface area contributed by atoms with Crippen LogP contribution in [-0.4, -0.2) is 31.1 Å². The first-order chi connectivity index (χ1) is 14.3. The minimum absolute atomic E-state index is 0. The van der Waals surface area contributed by atoms with E-state index < -0.39 is 0 Å². The maximum absolute atomic E-state index is 6.29. The van der Waals surface area contributed by atoms with Crippen LogP contribution >= 0.6 is 24.0 Å². The van der Waals surface area contributed by atoms with Gasteiger partial charge in [0.1, 0.15) is 11.3 Å². The lowest BCUT2D eigenvalue weighted by Gasteiger charge is -2.39. The fourth-order valence-electron chi connectivity index (χ4n) is 4.21. The van der Waals surface area contributed by atoms with Gasteiger partial charge in [-0.05, 0) is 42.0 Å². The van der Waals surface area contributed by atoms with Crippen LogP contribution in [0.2, 0.25) is 5.02 Å². The van der Waals surface area contributed by atoms with Crippen molar-refractivity contribution < 1.29 is 4.42 Å². The van der Waals surface area contributed by atoms with Gasteiger partial charge >= 0.3 is 0 Å². The molecule has 1 atom stereocenters. The number of furan rings is 1. The van der Waals surface area contributed by atoms with Gasteiger partial charge in [-0.3, -0.25) is 4.90 Å². The summed E-state index contributed by atoms with van der Waals surface area (Å²) in [6, 6.07) is 29.3. The Morgan fingerprint density at radius 3 is 2.13 bits per heavy atom. The van der Waals surface area contributed by atoms with E-state index in [0.29, 0.717) is 0 Å². The number of anilines is 1. The summed E-state index contributed by atoms with van der Waals surface area (Å²) in [7, 11) is 0. The zero-order chi connectivity index (χ0) is 19.6. The summed E-state index contributed by atoms with van der Waals surface area (Å²) in [6.07, 6.45) is 0. The molecule has 5 heteroatoms. The number of halogens is 2. The molecule has 1 aliphatic heterocycles. The summed E-state index contributed by atoms with van der Waals surface area (Å²) in [5.74, 6) is 0.988. The Kier molecular flexibility index (Phi) is 6.33. The van der Waals surface area contributed by atoms with Gasteiger partial charge in [0.2, 0.25) is 0 Å². The van der Waals surface area contributed by atoms with Gasteiger partial charge in [0.05, 0.1) is 6.04 Å². The van der Waals surface area contributed by atoms with Crippen LogP contribution in [0.25, 0.3) is 11.0 Å². The van der Waals surface area contributed by atoms with Crippen LogP contribution in [0.1, 0.15) is 17.4 Å². The van der Waals surface area contributed by atoms with E-state index in [1.165, 1.54) is 11.3 Å². The van der Waals surface area contributed by atoms with E-state index in [2.05, 4.69) is 70.5 Å². The molecule has 5 rings (SSSR count). The third kappa shape index (κ3) is 4.20. The summed E-state index contributed by atoms with van der Waals surface area (Å²) in [5, 5.41) is 1.90. The topological polar surface area (TPSA) is 19.6 Å². The number of rotatable bonds is 4. The standard InChI is InChI=1S/C25H23ClN2O.ClH/c26-21-12-10-19(11-13-21)25(24-18-20-6-4-5-9-23(20)29-24)28-16-14-27(15-17-28)22-7-2-1-3-8-22;/h1-13,18,25H,14-17H2;1H. The minimum atomic E-state index is 0. The Morgan fingerprint density at radius 1 is 0.767 bits per heavy atom. The van der Waals surface area contributed by atoms with Gasteiger partial charge in [-0.25, -0.2) is 0 Å². The highest BCUT2D eigenvalue weighted by atomic mass is 35.5. The molecule has 1 saturated heterocycles. The van der Waals surface area contributed by atoms with Crippen LogP contribution in [-0.2, 0) is 0 Å². The zero-order valence-corrected chi connectivity index (χ0v) is 18.1. The van der Waals surface area contributed by atoms with Crippen molar-refractivity contribution in [3.05, 3.63) is 101 Å². The number of nitrogens with zero attached hydrogens (tertiary/aromatic N) is 2. The predicted octanol–water partition coefficient (Wildman–Crippen LogP) is 6.42. The van der Waals surface area contributed by atoms with Crippen molar-refractivity contribution in [2.24, 2.45) is 0 Å². The molecule has 0 N–H and O–H groups in total. The first kappa shape index (κ1) is 20.8. The first-order valence-corrected chi connectivity index (χ1v) is 10.4. The highest BCUT2D eigenvalue weighted by molar-refractivity contribution is 6.30. The summed E-state index contributed by atoms with van der Waals surface area (Å²) in [6.45, 7) is 3.93. The number of piperazine rings is 1. The average Bonchev–Trinajstić information content (AvgIpc) is 3.20. The number of para-hydroxylation sites is 2. The quantitative estimate of drug-likeness (QED) is 0.366. The third-order valence-electron chi connectivity index (χ3n) is 5.70. The van der Waals surface area contributed by atoms with Crippen molar-refractivity contribution in [3.8, 4) is 0 Å². The smallest absolute Gasteiger partial charge is 0.134 e. The lowest BCUT2D eigenvalue weighted by molar-refractivity contribution is 0.194. The average molecular weight is 439 g/mol. The Balaban J connectivity index is 0.00000218. The van der Waals surface area contributed by atoms with E-state index in [4.69, 9.17) is 16.0 Å². The zero-order valence-electron chi connectivity index (χ0n) is 16.6. The second kappa shape index (κ2) is 9.13. The SMILES string of the molecule is Cl.Clc1ccc(C(c2cc3ccccc3o2)N2CCN(c3ccccc3)CC2)cc1. The van der Waals surface area contributed by atoms with Gasteiger partial charge in [0.15, 0.2) is 0 Å². The molecule has 3 nitrogen and oxygen atoms in total. The summed E-state index contributed by atoms with van der Waals surface area (Å²) >= 11 is 6.16. The fraction of sp³-hybridized carbons (Fsp3) is 0.200. The molecule has 0 bridgehead atoms. The molecular formula is C25H24Cl2N2O. The summed E-state index contributed by atoms with van der Waals surface area (Å²) in [5.41, 5.74) is 3.44. The lowest BCUT2D eigenvalue weighted by atomic mass is 10.0. The fourth-order valence-corrected chi connectivity index (χ4v) is 4.34. The number of benzene rings is 3. The van der Waals surface area contributed by atoms with E-state index in [1.54, 1.807) is 0 Å². The normalized spacial score (nSPS) is 15.7. The molecule has 1 aromatic heterocycles. The predicted molar refractivity (Wildman–Crippen MR) is 127 cm³/mol. The van der Waals surface area contributed by atoms with Gasteiger partial charge in [-0.1, -0.05) is 60.1 Å². The highest BCUT2D eigenvalue weighted by Gasteiger charge is 2.29. The van der Waals surface area contributed by atoms with Crippen LogP contribution < -0.4 is 4.90 Å². The molecule has 3 aromatic carbocycles. The molecular weight excluding hydrogens is 415 g/mol. The first-order valence-electron chi connectivity index (χ1n) is 10.1. The monoisotopic (exact) mass is 438 g/mol. The van der Waals surface area contributed by atoms with Crippen LogP contribution in [0.3, 0.4) is 0 Å². The highest BCUT2D eigenvalue weighted by Crippen LogP contribution is 2.34. The molecule has 154 valence electrons. The van der Waals surface area contributed by atoms with E-state index >= 15 is 0 Å². The van der Waals surface area contributed by atoms with Gasteiger partial charge in [0.25, 0.3) is 0 Å². The Hall–Kier alpha value is -2.46. The van der Waals surface area contributed by atoms with Crippen LogP contribution in [0.15, 0.2) is 89.3 Å². The molecule has 1 aliphatic rings. The maximum Gasteiger partial charge on any atom is 0.134 e. The molecule has 0 spiro atoms. The largest absolute Gasteiger partial charge is 0.459 e. The summed E-state index contributed by atoms with van der Waals surface area (Å²) < 4.78 is 6.29. The molecule has 0 radical (unpaired) electrons. The molecule has 0 amide bonds. The number of hydrogen-bond donors (Lipinski definition) is 0. The Morgan fingerprint density at radius 2 is 1.43 bits per heavy atom. The van der Waals surface area contributed by atoms with Gasteiger partial charge in [0, 0.05) is 42.3 Å². The van der Waals surface area contributed by atoms with Crippen LogP contribution in [0.5, 0.6) is 0 Å². The van der Waals surface area contributed by atoms with Crippen LogP contribution in [0.4, 0.5) is 5.69 Å². The second-order valence-electron chi connectivity index (χ2n) is 7.50. The van der Waals surface area contributed by atoms with Crippen molar-refractivity contribution in [3.63, 3.8) is 0 Å². The molecule has 0 aliphatic carbocycles. The van der Waals surface area contributed by atoms with Crippen molar-refractivity contribution in [1.29, 1.82) is 0 Å². The van der Waals surface area contributed by atoms with Crippen molar-refractivity contribution in [1.82, 2.24) is 4.90 Å². The van der Waals surface area contributed by atoms with Crippen molar-refractivity contribution >= 4 is 40.7 Å². The minimum Gasteiger partial charge on any atom is -0.459 e. The molecule has 1 unspecified atom stereocenters. The van der Waals surface area contributed by atoms with Gasteiger partial charge in [-0.2, -0.15) is 0 Å². The Bertz CT molecular complexity index is 1050.